The summed E-state index contributed by atoms with van der Waals surface area (Å²) in [6.45, 7) is 4.14. The highest BCUT2D eigenvalue weighted by atomic mass is 16.7. The fourth-order valence-corrected chi connectivity index (χ4v) is 0.997. The molecule has 12 heavy (non-hydrogen) atoms. The van der Waals surface area contributed by atoms with E-state index in [1.54, 1.807) is 6.92 Å². The standard InChI is InChI=1S/C8H13NO3/c1-3-6-5-7(12-9-6)8(10)11-4-2/h7H,3-5H2,1-2H3. The summed E-state index contributed by atoms with van der Waals surface area (Å²) in [6, 6.07) is 0. The molecule has 0 fully saturated rings. The lowest BCUT2D eigenvalue weighted by atomic mass is 10.1. The maximum atomic E-state index is 11.1. The molecule has 0 aromatic rings. The Morgan fingerprint density at radius 3 is 3.00 bits per heavy atom. The van der Waals surface area contributed by atoms with E-state index in [9.17, 15) is 4.79 Å². The topological polar surface area (TPSA) is 47.9 Å². The van der Waals surface area contributed by atoms with Crippen LogP contribution in [0.5, 0.6) is 0 Å². The van der Waals surface area contributed by atoms with Gasteiger partial charge in [0.1, 0.15) is 0 Å². The van der Waals surface area contributed by atoms with Crippen LogP contribution in [0.25, 0.3) is 0 Å². The smallest absolute Gasteiger partial charge is 0.350 e. The van der Waals surface area contributed by atoms with Gasteiger partial charge >= 0.3 is 5.97 Å². The quantitative estimate of drug-likeness (QED) is 0.597. The number of oxime groups is 1. The van der Waals surface area contributed by atoms with E-state index in [4.69, 9.17) is 9.57 Å². The van der Waals surface area contributed by atoms with Crippen molar-refractivity contribution in [2.24, 2.45) is 5.16 Å². The molecular weight excluding hydrogens is 158 g/mol. The van der Waals surface area contributed by atoms with Crippen molar-refractivity contribution >= 4 is 11.7 Å². The Balaban J connectivity index is 2.35. The second-order valence-corrected chi connectivity index (χ2v) is 2.56. The third-order valence-electron chi connectivity index (χ3n) is 1.69. The van der Waals surface area contributed by atoms with Crippen molar-refractivity contribution in [2.75, 3.05) is 6.61 Å². The third-order valence-corrected chi connectivity index (χ3v) is 1.69. The molecule has 0 saturated heterocycles. The van der Waals surface area contributed by atoms with Crippen LogP contribution in [-0.2, 0) is 14.4 Å². The molecule has 0 saturated carbocycles. The lowest BCUT2D eigenvalue weighted by Crippen LogP contribution is -2.23. The van der Waals surface area contributed by atoms with Crippen molar-refractivity contribution < 1.29 is 14.4 Å². The van der Waals surface area contributed by atoms with Crippen LogP contribution in [0.3, 0.4) is 0 Å². The summed E-state index contributed by atoms with van der Waals surface area (Å²) < 4.78 is 4.78. The summed E-state index contributed by atoms with van der Waals surface area (Å²) in [5.41, 5.74) is 0.924. The van der Waals surface area contributed by atoms with Crippen molar-refractivity contribution in [1.82, 2.24) is 0 Å². The second kappa shape index (κ2) is 4.09. The number of hydrogen-bond acceptors (Lipinski definition) is 4. The molecule has 0 aromatic heterocycles. The Bertz CT molecular complexity index is 200. The van der Waals surface area contributed by atoms with Gasteiger partial charge in [0.2, 0.25) is 6.10 Å². The first-order chi connectivity index (χ1) is 5.77. The Morgan fingerprint density at radius 2 is 2.50 bits per heavy atom. The molecule has 0 spiro atoms. The zero-order chi connectivity index (χ0) is 8.97. The van der Waals surface area contributed by atoms with Crippen LogP contribution >= 0.6 is 0 Å². The van der Waals surface area contributed by atoms with Crippen LogP contribution in [-0.4, -0.2) is 24.4 Å². The summed E-state index contributed by atoms with van der Waals surface area (Å²) in [6.07, 6.45) is 0.908. The SMILES string of the molecule is CCOC(=O)C1CC(CC)=NO1. The van der Waals surface area contributed by atoms with Gasteiger partial charge in [-0.15, -0.1) is 0 Å². The molecule has 0 amide bonds. The first kappa shape index (κ1) is 9.03. The fraction of sp³-hybridized carbons (Fsp3) is 0.750. The largest absolute Gasteiger partial charge is 0.463 e. The first-order valence-corrected chi connectivity index (χ1v) is 4.16. The summed E-state index contributed by atoms with van der Waals surface area (Å²) in [5.74, 6) is -0.315. The van der Waals surface area contributed by atoms with E-state index < -0.39 is 6.10 Å². The van der Waals surface area contributed by atoms with Gasteiger partial charge in [0.15, 0.2) is 0 Å². The molecule has 4 nitrogen and oxygen atoms in total. The molecule has 0 aromatic carbocycles. The van der Waals surface area contributed by atoms with Crippen LogP contribution in [0.15, 0.2) is 5.16 Å². The van der Waals surface area contributed by atoms with Gasteiger partial charge in [0.05, 0.1) is 12.3 Å². The normalized spacial score (nSPS) is 21.5. The lowest BCUT2D eigenvalue weighted by molar-refractivity contribution is -0.154. The molecule has 1 heterocycles. The van der Waals surface area contributed by atoms with E-state index in [0.29, 0.717) is 13.0 Å². The zero-order valence-electron chi connectivity index (χ0n) is 7.37. The van der Waals surface area contributed by atoms with Crippen molar-refractivity contribution in [2.45, 2.75) is 32.8 Å². The number of carbonyl (C=O) groups excluding carboxylic acids is 1. The van der Waals surface area contributed by atoms with E-state index in [1.807, 2.05) is 6.92 Å². The molecule has 1 atom stereocenters. The highest BCUT2D eigenvalue weighted by Crippen LogP contribution is 2.13. The molecule has 0 aliphatic carbocycles. The Hall–Kier alpha value is -1.06. The number of ether oxygens (including phenoxy) is 1. The second-order valence-electron chi connectivity index (χ2n) is 2.56. The van der Waals surface area contributed by atoms with Gasteiger partial charge in [-0.25, -0.2) is 4.79 Å². The van der Waals surface area contributed by atoms with Gasteiger partial charge in [-0.05, 0) is 13.3 Å². The summed E-state index contributed by atoms with van der Waals surface area (Å²) in [4.78, 5) is 16.0. The number of nitrogens with zero attached hydrogens (tertiary/aromatic N) is 1. The molecule has 1 rings (SSSR count). The molecule has 0 N–H and O–H groups in total. The first-order valence-electron chi connectivity index (χ1n) is 4.16. The number of esters is 1. The highest BCUT2D eigenvalue weighted by molar-refractivity contribution is 5.90. The van der Waals surface area contributed by atoms with Gasteiger partial charge in [-0.3, -0.25) is 0 Å². The Labute approximate surface area is 71.5 Å². The van der Waals surface area contributed by atoms with Crippen molar-refractivity contribution in [3.8, 4) is 0 Å². The summed E-state index contributed by atoms with van der Waals surface area (Å²) in [7, 11) is 0. The van der Waals surface area contributed by atoms with Gasteiger partial charge in [0.25, 0.3) is 0 Å². The van der Waals surface area contributed by atoms with Crippen molar-refractivity contribution in [3.63, 3.8) is 0 Å². The minimum Gasteiger partial charge on any atom is -0.463 e. The monoisotopic (exact) mass is 171 g/mol. The van der Waals surface area contributed by atoms with Crippen LogP contribution in [0.1, 0.15) is 26.7 Å². The predicted molar refractivity (Wildman–Crippen MR) is 43.8 cm³/mol. The minimum atomic E-state index is -0.500. The number of hydrogen-bond donors (Lipinski definition) is 0. The maximum Gasteiger partial charge on any atom is 0.350 e. The molecular formula is C8H13NO3. The molecule has 68 valence electrons. The summed E-state index contributed by atoms with van der Waals surface area (Å²) >= 11 is 0. The number of rotatable bonds is 3. The molecule has 0 bridgehead atoms. The minimum absolute atomic E-state index is 0.315. The van der Waals surface area contributed by atoms with Crippen LogP contribution in [0.2, 0.25) is 0 Å². The fourth-order valence-electron chi connectivity index (χ4n) is 0.997. The predicted octanol–water partition coefficient (Wildman–Crippen LogP) is 1.10. The van der Waals surface area contributed by atoms with Crippen molar-refractivity contribution in [3.05, 3.63) is 0 Å². The van der Waals surface area contributed by atoms with Crippen molar-refractivity contribution in [1.29, 1.82) is 0 Å². The molecule has 4 heteroatoms. The molecule has 1 aliphatic heterocycles. The van der Waals surface area contributed by atoms with E-state index in [1.165, 1.54) is 0 Å². The van der Waals surface area contributed by atoms with Gasteiger partial charge in [0, 0.05) is 6.42 Å². The average molecular weight is 171 g/mol. The van der Waals surface area contributed by atoms with Gasteiger partial charge in [-0.2, -0.15) is 0 Å². The van der Waals surface area contributed by atoms with E-state index in [-0.39, 0.29) is 5.97 Å². The van der Waals surface area contributed by atoms with Crippen LogP contribution < -0.4 is 0 Å². The van der Waals surface area contributed by atoms with Gasteiger partial charge < -0.3 is 9.57 Å². The van der Waals surface area contributed by atoms with E-state index in [0.717, 1.165) is 12.1 Å². The van der Waals surface area contributed by atoms with E-state index >= 15 is 0 Å². The Morgan fingerprint density at radius 1 is 1.75 bits per heavy atom. The third kappa shape index (κ3) is 1.96. The zero-order valence-corrected chi connectivity index (χ0v) is 7.37. The number of carbonyl (C=O) groups is 1. The lowest BCUT2D eigenvalue weighted by Gasteiger charge is -2.05. The van der Waals surface area contributed by atoms with Crippen LogP contribution in [0, 0.1) is 0 Å². The molecule has 0 radical (unpaired) electrons. The summed E-state index contributed by atoms with van der Waals surface area (Å²) in [5, 5.41) is 3.75. The average Bonchev–Trinajstić information content (AvgIpc) is 2.52. The highest BCUT2D eigenvalue weighted by Gasteiger charge is 2.28. The Kier molecular flexibility index (Phi) is 3.08. The van der Waals surface area contributed by atoms with Gasteiger partial charge in [-0.1, -0.05) is 12.1 Å². The van der Waals surface area contributed by atoms with E-state index in [2.05, 4.69) is 5.16 Å². The molecule has 1 aliphatic rings. The molecule has 1 unspecified atom stereocenters. The maximum absolute atomic E-state index is 11.1. The van der Waals surface area contributed by atoms with Crippen LogP contribution in [0.4, 0.5) is 0 Å².